The van der Waals surface area contributed by atoms with Crippen LogP contribution in [-0.4, -0.2) is 15.3 Å². The summed E-state index contributed by atoms with van der Waals surface area (Å²) in [5.41, 5.74) is 0.474. The Kier molecular flexibility index (Phi) is 3.40. The highest BCUT2D eigenvalue weighted by Gasteiger charge is 2.08. The third kappa shape index (κ3) is 2.45. The van der Waals surface area contributed by atoms with Crippen LogP contribution in [0.2, 0.25) is 0 Å². The van der Waals surface area contributed by atoms with Crippen LogP contribution in [0.15, 0.2) is 35.7 Å². The van der Waals surface area contributed by atoms with Crippen LogP contribution in [0.4, 0.5) is 8.78 Å². The third-order valence-electron chi connectivity index (χ3n) is 2.05. The number of nitriles is 1. The van der Waals surface area contributed by atoms with Crippen LogP contribution in [-0.2, 0) is 0 Å². The van der Waals surface area contributed by atoms with Gasteiger partial charge in [0.05, 0.1) is 17.5 Å². The second kappa shape index (κ2) is 4.97. The molecule has 86 valence electrons. The Labute approximate surface area is 101 Å². The SMILES string of the molecule is N#CCSc1nccn1-c1ccc(F)c(F)c1. The number of halogens is 2. The highest BCUT2D eigenvalue weighted by Crippen LogP contribution is 2.21. The van der Waals surface area contributed by atoms with E-state index in [1.165, 1.54) is 17.8 Å². The molecular weight excluding hydrogens is 244 g/mol. The smallest absolute Gasteiger partial charge is 0.173 e. The number of benzene rings is 1. The maximum absolute atomic E-state index is 13.1. The average Bonchev–Trinajstić information content (AvgIpc) is 2.78. The average molecular weight is 251 g/mol. The van der Waals surface area contributed by atoms with E-state index in [0.717, 1.165) is 12.1 Å². The van der Waals surface area contributed by atoms with Gasteiger partial charge in [-0.1, -0.05) is 11.8 Å². The molecule has 1 aromatic heterocycles. The molecule has 3 nitrogen and oxygen atoms in total. The Morgan fingerprint density at radius 2 is 2.18 bits per heavy atom. The number of imidazole rings is 1. The first-order chi connectivity index (χ1) is 8.22. The van der Waals surface area contributed by atoms with Gasteiger partial charge in [-0.15, -0.1) is 0 Å². The Morgan fingerprint density at radius 3 is 2.88 bits per heavy atom. The van der Waals surface area contributed by atoms with Gasteiger partial charge in [-0.2, -0.15) is 5.26 Å². The fourth-order valence-electron chi connectivity index (χ4n) is 1.32. The zero-order valence-electron chi connectivity index (χ0n) is 8.60. The quantitative estimate of drug-likeness (QED) is 0.788. The van der Waals surface area contributed by atoms with Crippen LogP contribution < -0.4 is 0 Å². The molecule has 0 saturated heterocycles. The Morgan fingerprint density at radius 1 is 1.35 bits per heavy atom. The summed E-state index contributed by atoms with van der Waals surface area (Å²) >= 11 is 1.23. The maximum Gasteiger partial charge on any atom is 0.173 e. The van der Waals surface area contributed by atoms with Gasteiger partial charge in [-0.3, -0.25) is 4.57 Å². The van der Waals surface area contributed by atoms with Crippen molar-refractivity contribution in [2.75, 3.05) is 5.75 Å². The lowest BCUT2D eigenvalue weighted by Crippen LogP contribution is -1.97. The van der Waals surface area contributed by atoms with Gasteiger partial charge < -0.3 is 0 Å². The van der Waals surface area contributed by atoms with E-state index in [1.807, 2.05) is 6.07 Å². The van der Waals surface area contributed by atoms with Gasteiger partial charge in [0.2, 0.25) is 0 Å². The number of aromatic nitrogens is 2. The molecule has 0 unspecified atom stereocenters. The third-order valence-corrected chi connectivity index (χ3v) is 2.89. The summed E-state index contributed by atoms with van der Waals surface area (Å²) < 4.78 is 27.5. The van der Waals surface area contributed by atoms with Crippen molar-refractivity contribution in [1.82, 2.24) is 9.55 Å². The van der Waals surface area contributed by atoms with E-state index in [1.54, 1.807) is 17.0 Å². The number of thioether (sulfide) groups is 1. The molecule has 0 atom stereocenters. The minimum atomic E-state index is -0.910. The molecule has 2 rings (SSSR count). The summed E-state index contributed by atoms with van der Waals surface area (Å²) in [6.07, 6.45) is 3.17. The molecule has 6 heteroatoms. The molecule has 17 heavy (non-hydrogen) atoms. The largest absolute Gasteiger partial charge is 0.295 e. The first-order valence-corrected chi connectivity index (χ1v) is 5.69. The van der Waals surface area contributed by atoms with Gasteiger partial charge in [0.1, 0.15) is 0 Å². The highest BCUT2D eigenvalue weighted by molar-refractivity contribution is 7.99. The Hall–Kier alpha value is -1.87. The van der Waals surface area contributed by atoms with Crippen LogP contribution >= 0.6 is 11.8 Å². The monoisotopic (exact) mass is 251 g/mol. The molecule has 0 saturated carbocycles. The van der Waals surface area contributed by atoms with Crippen LogP contribution in [0, 0.1) is 23.0 Å². The van der Waals surface area contributed by atoms with Crippen molar-refractivity contribution in [2.45, 2.75) is 5.16 Å². The summed E-state index contributed by atoms with van der Waals surface area (Å²) in [4.78, 5) is 4.04. The predicted molar refractivity (Wildman–Crippen MR) is 59.8 cm³/mol. The lowest BCUT2D eigenvalue weighted by Gasteiger charge is -2.06. The minimum Gasteiger partial charge on any atom is -0.295 e. The molecule has 0 amide bonds. The van der Waals surface area contributed by atoms with Crippen molar-refractivity contribution in [1.29, 1.82) is 5.26 Å². The van der Waals surface area contributed by atoms with Gasteiger partial charge in [-0.05, 0) is 12.1 Å². The maximum atomic E-state index is 13.1. The van der Waals surface area contributed by atoms with Crippen LogP contribution in [0.25, 0.3) is 5.69 Å². The molecule has 1 heterocycles. The fourth-order valence-corrected chi connectivity index (χ4v) is 1.96. The topological polar surface area (TPSA) is 41.6 Å². The van der Waals surface area contributed by atoms with Crippen LogP contribution in [0.1, 0.15) is 0 Å². The van der Waals surface area contributed by atoms with Gasteiger partial charge >= 0.3 is 0 Å². The normalized spacial score (nSPS) is 10.2. The second-order valence-corrected chi connectivity index (χ2v) is 4.07. The summed E-state index contributed by atoms with van der Waals surface area (Å²) in [5, 5.41) is 9.06. The van der Waals surface area contributed by atoms with E-state index in [-0.39, 0.29) is 5.75 Å². The Bertz CT molecular complexity index is 574. The molecule has 0 N–H and O–H groups in total. The van der Waals surface area contributed by atoms with Gasteiger partial charge in [0.25, 0.3) is 0 Å². The van der Waals surface area contributed by atoms with Crippen LogP contribution in [0.3, 0.4) is 0 Å². The standard InChI is InChI=1S/C11H7F2N3S/c12-9-2-1-8(7-10(9)13)16-5-4-15-11(16)17-6-3-14/h1-2,4-5,7H,6H2. The first kappa shape index (κ1) is 11.6. The van der Waals surface area contributed by atoms with E-state index in [0.29, 0.717) is 10.8 Å². The first-order valence-electron chi connectivity index (χ1n) is 4.71. The van der Waals surface area contributed by atoms with Crippen molar-refractivity contribution in [3.63, 3.8) is 0 Å². The van der Waals surface area contributed by atoms with Gasteiger partial charge in [0, 0.05) is 18.5 Å². The molecule has 0 fully saturated rings. The van der Waals surface area contributed by atoms with E-state index in [4.69, 9.17) is 5.26 Å². The van der Waals surface area contributed by atoms with E-state index in [9.17, 15) is 8.78 Å². The van der Waals surface area contributed by atoms with Crippen molar-refractivity contribution in [3.8, 4) is 11.8 Å². The summed E-state index contributed by atoms with van der Waals surface area (Å²) in [6, 6.07) is 5.59. The summed E-state index contributed by atoms with van der Waals surface area (Å²) in [5.74, 6) is -1.55. The second-order valence-electron chi connectivity index (χ2n) is 3.13. The fraction of sp³-hybridized carbons (Fsp3) is 0.0909. The van der Waals surface area contributed by atoms with E-state index in [2.05, 4.69) is 4.98 Å². The zero-order chi connectivity index (χ0) is 12.3. The number of rotatable bonds is 3. The molecule has 0 bridgehead atoms. The lowest BCUT2D eigenvalue weighted by molar-refractivity contribution is 0.507. The van der Waals surface area contributed by atoms with Crippen molar-refractivity contribution in [3.05, 3.63) is 42.2 Å². The minimum absolute atomic E-state index is 0.251. The number of hydrogen-bond donors (Lipinski definition) is 0. The zero-order valence-corrected chi connectivity index (χ0v) is 9.42. The molecule has 1 aromatic carbocycles. The van der Waals surface area contributed by atoms with Crippen molar-refractivity contribution in [2.24, 2.45) is 0 Å². The van der Waals surface area contributed by atoms with Gasteiger partial charge in [-0.25, -0.2) is 13.8 Å². The Balaban J connectivity index is 2.36. The molecule has 0 aliphatic carbocycles. The summed E-state index contributed by atoms with van der Waals surface area (Å²) in [6.45, 7) is 0. The predicted octanol–water partition coefficient (Wildman–Crippen LogP) is 2.77. The lowest BCUT2D eigenvalue weighted by atomic mass is 10.3. The summed E-state index contributed by atoms with van der Waals surface area (Å²) in [7, 11) is 0. The molecule has 0 aliphatic heterocycles. The molecular formula is C11H7F2N3S. The molecule has 2 aromatic rings. The van der Waals surface area contributed by atoms with E-state index >= 15 is 0 Å². The van der Waals surface area contributed by atoms with E-state index < -0.39 is 11.6 Å². The van der Waals surface area contributed by atoms with Crippen LogP contribution in [0.5, 0.6) is 0 Å². The highest BCUT2D eigenvalue weighted by atomic mass is 32.2. The molecule has 0 aliphatic rings. The van der Waals surface area contributed by atoms with Crippen molar-refractivity contribution >= 4 is 11.8 Å². The van der Waals surface area contributed by atoms with Crippen molar-refractivity contribution < 1.29 is 8.78 Å². The molecule has 0 spiro atoms. The van der Waals surface area contributed by atoms with Gasteiger partial charge in [0.15, 0.2) is 16.8 Å². The number of hydrogen-bond acceptors (Lipinski definition) is 3. The molecule has 0 radical (unpaired) electrons. The number of nitrogens with zero attached hydrogens (tertiary/aromatic N) is 3.